The topological polar surface area (TPSA) is 24.5 Å². The number of rotatable bonds is 9. The van der Waals surface area contributed by atoms with Crippen LogP contribution in [0.5, 0.6) is 0 Å². The third kappa shape index (κ3) is 6.35. The Morgan fingerprint density at radius 3 is 2.52 bits per heavy atom. The summed E-state index contributed by atoms with van der Waals surface area (Å²) < 4.78 is 5.38. The number of methoxy groups -OCH3 is 1. The van der Waals surface area contributed by atoms with Crippen LogP contribution in [0.4, 0.5) is 0 Å². The Kier molecular flexibility index (Phi) is 8.27. The maximum absolute atomic E-state index is 6.10. The lowest BCUT2D eigenvalue weighted by Gasteiger charge is -2.33. The maximum Gasteiger partial charge on any atom is 0.0630 e. The lowest BCUT2D eigenvalue weighted by Crippen LogP contribution is -2.44. The molecule has 0 aliphatic carbocycles. The molecule has 0 bridgehead atoms. The molecule has 1 aromatic rings. The van der Waals surface area contributed by atoms with E-state index >= 15 is 0 Å². The minimum Gasteiger partial charge on any atom is -0.383 e. The van der Waals surface area contributed by atoms with Crippen LogP contribution in [0.2, 0.25) is 5.02 Å². The standard InChI is InChI=1S/C17H29ClN2O/c1-13(2)10-19-11-17(12-21-5)20(4)14(3)15-7-6-8-16(18)9-15/h6-9,13-14,17,19H,10-12H2,1-5H3. The Balaban J connectivity index is 2.67. The predicted molar refractivity (Wildman–Crippen MR) is 91.0 cm³/mol. The highest BCUT2D eigenvalue weighted by atomic mass is 35.5. The molecule has 1 aromatic carbocycles. The minimum atomic E-state index is 0.296. The molecule has 0 saturated heterocycles. The zero-order valence-electron chi connectivity index (χ0n) is 13.9. The molecule has 0 aromatic heterocycles. The molecule has 0 spiro atoms. The second-order valence-electron chi connectivity index (χ2n) is 6.06. The Labute approximate surface area is 134 Å². The summed E-state index contributed by atoms with van der Waals surface area (Å²) in [5.41, 5.74) is 1.23. The lowest BCUT2D eigenvalue weighted by atomic mass is 10.1. The lowest BCUT2D eigenvalue weighted by molar-refractivity contribution is 0.0833. The number of nitrogens with zero attached hydrogens (tertiary/aromatic N) is 1. The van der Waals surface area contributed by atoms with Crippen LogP contribution in [0.25, 0.3) is 0 Å². The zero-order valence-corrected chi connectivity index (χ0v) is 14.7. The number of ether oxygens (including phenoxy) is 1. The summed E-state index contributed by atoms with van der Waals surface area (Å²) in [6, 6.07) is 8.71. The molecule has 0 amide bonds. The van der Waals surface area contributed by atoms with E-state index in [1.165, 1.54) is 5.56 Å². The summed E-state index contributed by atoms with van der Waals surface area (Å²) in [5.74, 6) is 0.656. The molecule has 0 radical (unpaired) electrons. The van der Waals surface area contributed by atoms with Gasteiger partial charge in [0.05, 0.1) is 6.61 Å². The van der Waals surface area contributed by atoms with Gasteiger partial charge in [-0.15, -0.1) is 0 Å². The first kappa shape index (κ1) is 18.4. The molecule has 0 saturated carbocycles. The predicted octanol–water partition coefficient (Wildman–Crippen LogP) is 3.59. The van der Waals surface area contributed by atoms with Crippen LogP contribution >= 0.6 is 11.6 Å². The average Bonchev–Trinajstić information content (AvgIpc) is 2.44. The van der Waals surface area contributed by atoms with E-state index in [2.05, 4.69) is 44.1 Å². The van der Waals surface area contributed by atoms with E-state index in [0.29, 0.717) is 24.6 Å². The molecule has 2 atom stereocenters. The van der Waals surface area contributed by atoms with Gasteiger partial charge in [0.25, 0.3) is 0 Å². The molecule has 0 aliphatic rings. The van der Waals surface area contributed by atoms with E-state index in [4.69, 9.17) is 16.3 Å². The fourth-order valence-corrected chi connectivity index (χ4v) is 2.57. The van der Waals surface area contributed by atoms with Crippen LogP contribution in [0.15, 0.2) is 24.3 Å². The van der Waals surface area contributed by atoms with Gasteiger partial charge in [0.15, 0.2) is 0 Å². The van der Waals surface area contributed by atoms with Crippen molar-refractivity contribution in [1.82, 2.24) is 10.2 Å². The molecule has 3 nitrogen and oxygen atoms in total. The second kappa shape index (κ2) is 9.42. The molecule has 1 N–H and O–H groups in total. The molecule has 0 fully saturated rings. The Bertz CT molecular complexity index is 412. The van der Waals surface area contributed by atoms with Crippen LogP contribution in [0.3, 0.4) is 0 Å². The highest BCUT2D eigenvalue weighted by molar-refractivity contribution is 6.30. The zero-order chi connectivity index (χ0) is 15.8. The van der Waals surface area contributed by atoms with Crippen LogP contribution in [-0.4, -0.2) is 44.8 Å². The van der Waals surface area contributed by atoms with Crippen LogP contribution in [-0.2, 0) is 4.74 Å². The van der Waals surface area contributed by atoms with Gasteiger partial charge in [-0.05, 0) is 44.1 Å². The summed E-state index contributed by atoms with van der Waals surface area (Å²) in [5, 5.41) is 4.31. The maximum atomic E-state index is 6.10. The number of hydrogen-bond acceptors (Lipinski definition) is 3. The molecule has 4 heteroatoms. The number of likely N-dealkylation sites (N-methyl/N-ethyl adjacent to an activating group) is 1. The molecule has 1 rings (SSSR count). The highest BCUT2D eigenvalue weighted by Gasteiger charge is 2.21. The second-order valence-corrected chi connectivity index (χ2v) is 6.49. The molecule has 0 heterocycles. The summed E-state index contributed by atoms with van der Waals surface area (Å²) in [4.78, 5) is 2.35. The van der Waals surface area contributed by atoms with E-state index in [1.54, 1.807) is 7.11 Å². The monoisotopic (exact) mass is 312 g/mol. The number of nitrogens with one attached hydrogen (secondary N) is 1. The Morgan fingerprint density at radius 2 is 1.95 bits per heavy atom. The van der Waals surface area contributed by atoms with Gasteiger partial charge in [-0.3, -0.25) is 4.90 Å². The van der Waals surface area contributed by atoms with Crippen molar-refractivity contribution in [3.8, 4) is 0 Å². The van der Waals surface area contributed by atoms with Crippen molar-refractivity contribution < 1.29 is 4.74 Å². The first-order valence-corrected chi connectivity index (χ1v) is 8.00. The van der Waals surface area contributed by atoms with Crippen LogP contribution < -0.4 is 5.32 Å². The van der Waals surface area contributed by atoms with Crippen LogP contribution in [0, 0.1) is 5.92 Å². The van der Waals surface area contributed by atoms with Crippen molar-refractivity contribution in [1.29, 1.82) is 0 Å². The molecular formula is C17H29ClN2O. The molecule has 21 heavy (non-hydrogen) atoms. The van der Waals surface area contributed by atoms with Crippen molar-refractivity contribution in [2.45, 2.75) is 32.9 Å². The number of halogens is 1. The van der Waals surface area contributed by atoms with Gasteiger partial charge in [-0.2, -0.15) is 0 Å². The van der Waals surface area contributed by atoms with E-state index in [-0.39, 0.29) is 0 Å². The van der Waals surface area contributed by atoms with Gasteiger partial charge in [0.2, 0.25) is 0 Å². The number of benzene rings is 1. The van der Waals surface area contributed by atoms with Gasteiger partial charge in [-0.1, -0.05) is 37.6 Å². The van der Waals surface area contributed by atoms with Gasteiger partial charge >= 0.3 is 0 Å². The van der Waals surface area contributed by atoms with Gasteiger partial charge in [0, 0.05) is 30.8 Å². The average molecular weight is 313 g/mol. The van der Waals surface area contributed by atoms with E-state index in [9.17, 15) is 0 Å². The minimum absolute atomic E-state index is 0.296. The van der Waals surface area contributed by atoms with Gasteiger partial charge in [0.1, 0.15) is 0 Å². The Morgan fingerprint density at radius 1 is 1.24 bits per heavy atom. The third-order valence-corrected chi connectivity index (χ3v) is 4.04. The van der Waals surface area contributed by atoms with E-state index in [0.717, 1.165) is 18.1 Å². The number of hydrogen-bond donors (Lipinski definition) is 1. The smallest absolute Gasteiger partial charge is 0.0630 e. The first-order valence-electron chi connectivity index (χ1n) is 7.62. The van der Waals surface area contributed by atoms with Crippen molar-refractivity contribution >= 4 is 11.6 Å². The quantitative estimate of drug-likeness (QED) is 0.754. The fraction of sp³-hybridized carbons (Fsp3) is 0.647. The SMILES string of the molecule is COCC(CNCC(C)C)N(C)C(C)c1cccc(Cl)c1. The molecule has 120 valence electrons. The van der Waals surface area contributed by atoms with Crippen molar-refractivity contribution in [2.24, 2.45) is 5.92 Å². The fourth-order valence-electron chi connectivity index (χ4n) is 2.37. The molecule has 0 aliphatic heterocycles. The molecule has 2 unspecified atom stereocenters. The summed E-state index contributed by atoms with van der Waals surface area (Å²) in [7, 11) is 3.90. The van der Waals surface area contributed by atoms with Crippen LogP contribution in [0.1, 0.15) is 32.4 Å². The highest BCUT2D eigenvalue weighted by Crippen LogP contribution is 2.23. The summed E-state index contributed by atoms with van der Waals surface area (Å²) in [6.45, 7) is 9.31. The first-order chi connectivity index (χ1) is 9.95. The van der Waals surface area contributed by atoms with E-state index in [1.807, 2.05) is 18.2 Å². The van der Waals surface area contributed by atoms with Gasteiger partial charge in [-0.25, -0.2) is 0 Å². The van der Waals surface area contributed by atoms with Gasteiger partial charge < -0.3 is 10.1 Å². The Hall–Kier alpha value is -0.610. The van der Waals surface area contributed by atoms with Crippen molar-refractivity contribution in [3.63, 3.8) is 0 Å². The van der Waals surface area contributed by atoms with E-state index < -0.39 is 0 Å². The van der Waals surface area contributed by atoms with Crippen molar-refractivity contribution in [3.05, 3.63) is 34.9 Å². The largest absolute Gasteiger partial charge is 0.383 e. The molecular weight excluding hydrogens is 284 g/mol. The summed E-state index contributed by atoms with van der Waals surface area (Å²) >= 11 is 6.10. The van der Waals surface area contributed by atoms with Crippen molar-refractivity contribution in [2.75, 3.05) is 33.9 Å². The summed E-state index contributed by atoms with van der Waals surface area (Å²) in [6.07, 6.45) is 0. The normalized spacial score (nSPS) is 14.7. The third-order valence-electron chi connectivity index (χ3n) is 3.81.